The van der Waals surface area contributed by atoms with Crippen LogP contribution in [0.25, 0.3) is 0 Å². The van der Waals surface area contributed by atoms with E-state index in [4.69, 9.17) is 0 Å². The summed E-state index contributed by atoms with van der Waals surface area (Å²) in [5.74, 6) is -1.08. The SMILES string of the molecule is O=C(NN1C(=O)NC(c2ccccc2)(c2ccccc2)C1=O)[C@@H]1CC=CCC1. The van der Waals surface area contributed by atoms with Crippen molar-refractivity contribution in [1.82, 2.24) is 15.8 Å². The highest BCUT2D eigenvalue weighted by molar-refractivity contribution is 6.10. The molecule has 142 valence electrons. The van der Waals surface area contributed by atoms with Crippen LogP contribution >= 0.6 is 0 Å². The van der Waals surface area contributed by atoms with Crippen molar-refractivity contribution < 1.29 is 14.4 Å². The average molecular weight is 375 g/mol. The second kappa shape index (κ2) is 7.31. The highest BCUT2D eigenvalue weighted by atomic mass is 16.2. The average Bonchev–Trinajstić information content (AvgIpc) is 3.01. The van der Waals surface area contributed by atoms with Gasteiger partial charge in [0.25, 0.3) is 5.91 Å². The lowest BCUT2D eigenvalue weighted by Gasteiger charge is -2.28. The number of benzene rings is 2. The van der Waals surface area contributed by atoms with Gasteiger partial charge in [-0.1, -0.05) is 72.8 Å². The number of hydrogen-bond acceptors (Lipinski definition) is 3. The van der Waals surface area contributed by atoms with Crippen molar-refractivity contribution in [2.75, 3.05) is 0 Å². The van der Waals surface area contributed by atoms with Gasteiger partial charge in [-0.25, -0.2) is 4.79 Å². The van der Waals surface area contributed by atoms with Crippen molar-refractivity contribution >= 4 is 17.8 Å². The molecule has 2 aromatic carbocycles. The Balaban J connectivity index is 1.69. The number of carbonyl (C=O) groups is 3. The van der Waals surface area contributed by atoms with Crippen LogP contribution in [-0.4, -0.2) is 22.9 Å². The number of allylic oxidation sites excluding steroid dienone is 2. The number of urea groups is 1. The van der Waals surface area contributed by atoms with Crippen molar-refractivity contribution in [2.24, 2.45) is 5.92 Å². The number of carbonyl (C=O) groups excluding carboxylic acids is 3. The topological polar surface area (TPSA) is 78.5 Å². The van der Waals surface area contributed by atoms with Crippen LogP contribution in [0.5, 0.6) is 0 Å². The highest BCUT2D eigenvalue weighted by Crippen LogP contribution is 2.35. The summed E-state index contributed by atoms with van der Waals surface area (Å²) in [4.78, 5) is 38.8. The zero-order chi connectivity index (χ0) is 19.6. The summed E-state index contributed by atoms with van der Waals surface area (Å²) in [6.07, 6.45) is 6.12. The predicted octanol–water partition coefficient (Wildman–Crippen LogP) is 2.87. The molecule has 0 bridgehead atoms. The Morgan fingerprint density at radius 2 is 1.57 bits per heavy atom. The summed E-state index contributed by atoms with van der Waals surface area (Å²) in [7, 11) is 0. The minimum atomic E-state index is -1.38. The van der Waals surface area contributed by atoms with Crippen LogP contribution in [0.1, 0.15) is 30.4 Å². The number of rotatable bonds is 4. The van der Waals surface area contributed by atoms with Crippen molar-refractivity contribution in [3.8, 4) is 0 Å². The van der Waals surface area contributed by atoms with Gasteiger partial charge in [-0.15, -0.1) is 0 Å². The van der Waals surface area contributed by atoms with Crippen LogP contribution in [0.2, 0.25) is 0 Å². The molecule has 4 rings (SSSR count). The number of hydrogen-bond donors (Lipinski definition) is 2. The van der Waals surface area contributed by atoms with Gasteiger partial charge in [-0.2, -0.15) is 5.01 Å². The fourth-order valence-electron chi connectivity index (χ4n) is 3.80. The standard InChI is InChI=1S/C22H21N3O3/c26-19(16-10-4-1-5-11-16)24-25-20(27)22(23-21(25)28,17-12-6-2-7-13-17)18-14-8-3-9-15-18/h1-4,6-9,12-16H,5,10-11H2,(H,23,28)(H,24,26)/t16-/m1/s1. The maximum Gasteiger partial charge on any atom is 0.344 e. The van der Waals surface area contributed by atoms with Gasteiger partial charge in [0.2, 0.25) is 5.91 Å². The van der Waals surface area contributed by atoms with Gasteiger partial charge in [0.1, 0.15) is 0 Å². The molecular formula is C22H21N3O3. The van der Waals surface area contributed by atoms with E-state index in [0.717, 1.165) is 11.4 Å². The zero-order valence-corrected chi connectivity index (χ0v) is 15.3. The largest absolute Gasteiger partial charge is 0.344 e. The Bertz CT molecular complexity index is 885. The highest BCUT2D eigenvalue weighted by Gasteiger charge is 2.54. The van der Waals surface area contributed by atoms with Crippen LogP contribution in [-0.2, 0) is 15.1 Å². The Morgan fingerprint density at radius 1 is 0.964 bits per heavy atom. The maximum atomic E-state index is 13.5. The van der Waals surface area contributed by atoms with E-state index in [1.807, 2.05) is 48.6 Å². The molecule has 1 aliphatic heterocycles. The number of hydrazine groups is 1. The summed E-state index contributed by atoms with van der Waals surface area (Å²) in [6, 6.07) is 17.5. The Labute approximate surface area is 163 Å². The number of nitrogens with zero attached hydrogens (tertiary/aromatic N) is 1. The van der Waals surface area contributed by atoms with Crippen molar-refractivity contribution in [3.63, 3.8) is 0 Å². The number of nitrogens with one attached hydrogen (secondary N) is 2. The first-order valence-corrected chi connectivity index (χ1v) is 9.36. The Kier molecular flexibility index (Phi) is 4.69. The van der Waals surface area contributed by atoms with Gasteiger partial charge >= 0.3 is 6.03 Å². The number of amides is 4. The van der Waals surface area contributed by atoms with E-state index in [0.29, 0.717) is 24.0 Å². The second-order valence-electron chi connectivity index (χ2n) is 7.01. The van der Waals surface area contributed by atoms with Gasteiger partial charge in [-0.3, -0.25) is 15.0 Å². The molecule has 1 saturated heterocycles. The van der Waals surface area contributed by atoms with E-state index in [-0.39, 0.29) is 11.8 Å². The van der Waals surface area contributed by atoms with E-state index < -0.39 is 17.5 Å². The summed E-state index contributed by atoms with van der Waals surface area (Å²) in [5, 5.41) is 3.64. The molecule has 0 aromatic heterocycles. The molecule has 4 amide bonds. The van der Waals surface area contributed by atoms with Gasteiger partial charge < -0.3 is 5.32 Å². The molecule has 28 heavy (non-hydrogen) atoms. The van der Waals surface area contributed by atoms with E-state index in [1.54, 1.807) is 24.3 Å². The van der Waals surface area contributed by atoms with Crippen molar-refractivity contribution in [2.45, 2.75) is 24.8 Å². The van der Waals surface area contributed by atoms with Crippen LogP contribution in [0.3, 0.4) is 0 Å². The molecular weight excluding hydrogens is 354 g/mol. The first-order chi connectivity index (χ1) is 13.6. The quantitative estimate of drug-likeness (QED) is 0.637. The Morgan fingerprint density at radius 3 is 2.11 bits per heavy atom. The summed E-state index contributed by atoms with van der Waals surface area (Å²) < 4.78 is 0. The summed E-state index contributed by atoms with van der Waals surface area (Å²) in [6.45, 7) is 0. The molecule has 6 nitrogen and oxygen atoms in total. The van der Waals surface area contributed by atoms with E-state index in [9.17, 15) is 14.4 Å². The van der Waals surface area contributed by atoms with Crippen molar-refractivity contribution in [3.05, 3.63) is 83.9 Å². The molecule has 2 aromatic rings. The summed E-state index contributed by atoms with van der Waals surface area (Å²) in [5.41, 5.74) is 2.44. The minimum absolute atomic E-state index is 0.242. The van der Waals surface area contributed by atoms with E-state index in [2.05, 4.69) is 10.7 Å². The van der Waals surface area contributed by atoms with Crippen LogP contribution in [0.15, 0.2) is 72.8 Å². The lowest BCUT2D eigenvalue weighted by molar-refractivity contribution is -0.140. The smallest absolute Gasteiger partial charge is 0.314 e. The zero-order valence-electron chi connectivity index (χ0n) is 15.3. The molecule has 2 N–H and O–H groups in total. The predicted molar refractivity (Wildman–Crippen MR) is 104 cm³/mol. The van der Waals surface area contributed by atoms with Gasteiger partial charge in [0.15, 0.2) is 5.54 Å². The normalized spacial score (nSPS) is 20.7. The van der Waals surface area contributed by atoms with Crippen molar-refractivity contribution in [1.29, 1.82) is 0 Å². The molecule has 0 unspecified atom stereocenters. The van der Waals surface area contributed by atoms with E-state index >= 15 is 0 Å². The fraction of sp³-hybridized carbons (Fsp3) is 0.227. The maximum absolute atomic E-state index is 13.5. The molecule has 2 aliphatic rings. The van der Waals surface area contributed by atoms with Gasteiger partial charge in [0.05, 0.1) is 0 Å². The summed E-state index contributed by atoms with van der Waals surface area (Å²) >= 11 is 0. The second-order valence-corrected chi connectivity index (χ2v) is 7.01. The third-order valence-electron chi connectivity index (χ3n) is 5.30. The molecule has 0 radical (unpaired) electrons. The van der Waals surface area contributed by atoms with Crippen LogP contribution < -0.4 is 10.7 Å². The molecule has 0 saturated carbocycles. The molecule has 1 atom stereocenters. The monoisotopic (exact) mass is 375 g/mol. The van der Waals surface area contributed by atoms with Gasteiger partial charge in [0, 0.05) is 5.92 Å². The Hall–Kier alpha value is -3.41. The molecule has 6 heteroatoms. The third kappa shape index (κ3) is 2.97. The fourth-order valence-corrected chi connectivity index (χ4v) is 3.80. The van der Waals surface area contributed by atoms with Gasteiger partial charge in [-0.05, 0) is 30.4 Å². The first kappa shape index (κ1) is 18.0. The molecule has 1 fully saturated rings. The lowest BCUT2D eigenvalue weighted by Crippen LogP contribution is -2.50. The molecule has 1 aliphatic carbocycles. The lowest BCUT2D eigenvalue weighted by atomic mass is 9.83. The minimum Gasteiger partial charge on any atom is -0.314 e. The van der Waals surface area contributed by atoms with Crippen LogP contribution in [0, 0.1) is 5.92 Å². The first-order valence-electron chi connectivity index (χ1n) is 9.36. The number of imide groups is 1. The molecule has 0 spiro atoms. The van der Waals surface area contributed by atoms with Crippen LogP contribution in [0.4, 0.5) is 4.79 Å². The molecule has 1 heterocycles. The van der Waals surface area contributed by atoms with E-state index in [1.165, 1.54) is 0 Å². The third-order valence-corrected chi connectivity index (χ3v) is 5.30.